The predicted octanol–water partition coefficient (Wildman–Crippen LogP) is 17.1. The van der Waals surface area contributed by atoms with Crippen LogP contribution in [0.4, 0.5) is 0 Å². The number of aryl methyl sites for hydroxylation is 2. The van der Waals surface area contributed by atoms with Gasteiger partial charge in [-0.05, 0) is 144 Å². The summed E-state index contributed by atoms with van der Waals surface area (Å²) in [7, 11) is 0. The molecule has 14 aromatic rings. The van der Waals surface area contributed by atoms with Crippen molar-refractivity contribution in [1.29, 1.82) is 0 Å². The number of hydrogen-bond donors (Lipinski definition) is 0. The van der Waals surface area contributed by atoms with E-state index in [1.54, 1.807) is 0 Å². The number of nitrogens with zero attached hydrogens (tertiary/aromatic N) is 4. The van der Waals surface area contributed by atoms with Gasteiger partial charge in [-0.3, -0.25) is 0 Å². The van der Waals surface area contributed by atoms with Gasteiger partial charge in [-0.1, -0.05) is 121 Å². The minimum absolute atomic E-state index is 0.922. The van der Waals surface area contributed by atoms with Crippen LogP contribution in [-0.2, 0) is 13.1 Å². The van der Waals surface area contributed by atoms with Gasteiger partial charge in [0.25, 0.3) is 0 Å². The number of hydrogen-bond acceptors (Lipinski definition) is 0. The highest BCUT2D eigenvalue weighted by molar-refractivity contribution is 6.16. The number of rotatable bonds is 7. The number of aromatic nitrogens is 4. The number of fused-ring (bicyclic) bond motifs is 12. The third-order valence-corrected chi connectivity index (χ3v) is 14.7. The third-order valence-electron chi connectivity index (χ3n) is 14.7. The van der Waals surface area contributed by atoms with Gasteiger partial charge in [-0.2, -0.15) is 0 Å². The van der Waals surface area contributed by atoms with E-state index in [0.717, 1.165) is 24.5 Å². The Kier molecular flexibility index (Phi) is 8.50. The molecule has 0 N–H and O–H groups in total. The molecule has 4 heteroatoms. The SMILES string of the molecule is CCn1c2ccccc2c2cc(-n3c4ccc(-c5ccccc5)cc4c4cc(-c5ccc6c(c5)c5cc(-c7ccccc7)ccc5n6-c5ccc6c(c5)c5ccccc5n6CC)ccc43)ccc21. The van der Waals surface area contributed by atoms with Gasteiger partial charge >= 0.3 is 0 Å². The van der Waals surface area contributed by atoms with Crippen LogP contribution in [0.15, 0.2) is 218 Å². The standard InChI is InChI=1S/C64H46N4/c1-3-65-57-21-13-11-19-49(57)55-39-47(27-33-59(55)65)67-61-29-23-43(41-15-7-5-8-16-41)35-51(61)53-37-45(25-31-63(53)67)46-26-32-64-54(38-46)52-36-44(42-17-9-6-10-18-42)24-30-62(52)68(64)48-28-34-60-56(40-48)50-20-12-14-22-58(50)66(60)4-2/h5-40H,3-4H2,1-2H3. The molecule has 0 aliphatic rings. The van der Waals surface area contributed by atoms with Crippen molar-refractivity contribution in [2.75, 3.05) is 0 Å². The molecule has 4 heterocycles. The van der Waals surface area contributed by atoms with Crippen LogP contribution in [0.25, 0.3) is 132 Å². The Labute approximate surface area is 393 Å². The summed E-state index contributed by atoms with van der Waals surface area (Å²) >= 11 is 0. The normalized spacial score (nSPS) is 12.1. The fraction of sp³-hybridized carbons (Fsp3) is 0.0625. The Balaban J connectivity index is 0.986. The summed E-state index contributed by atoms with van der Waals surface area (Å²) in [5.41, 5.74) is 19.4. The summed E-state index contributed by atoms with van der Waals surface area (Å²) in [4.78, 5) is 0. The summed E-state index contributed by atoms with van der Waals surface area (Å²) in [5.74, 6) is 0. The Morgan fingerprint density at radius 2 is 0.529 bits per heavy atom. The van der Waals surface area contributed by atoms with Crippen molar-refractivity contribution in [3.8, 4) is 44.8 Å². The first-order chi connectivity index (χ1) is 33.6. The maximum absolute atomic E-state index is 2.47. The fourth-order valence-corrected chi connectivity index (χ4v) is 11.6. The highest BCUT2D eigenvalue weighted by Crippen LogP contribution is 2.42. The molecule has 0 atom stereocenters. The molecule has 0 radical (unpaired) electrons. The molecule has 0 saturated heterocycles. The molecule has 0 aliphatic heterocycles. The van der Waals surface area contributed by atoms with E-state index >= 15 is 0 Å². The second-order valence-electron chi connectivity index (χ2n) is 18.3. The molecular formula is C64H46N4. The minimum Gasteiger partial charge on any atom is -0.341 e. The Morgan fingerprint density at radius 3 is 0.897 bits per heavy atom. The monoisotopic (exact) mass is 870 g/mol. The maximum Gasteiger partial charge on any atom is 0.0541 e. The van der Waals surface area contributed by atoms with Crippen LogP contribution in [0.3, 0.4) is 0 Å². The molecule has 4 aromatic heterocycles. The third kappa shape index (κ3) is 5.67. The average molecular weight is 871 g/mol. The summed E-state index contributed by atoms with van der Waals surface area (Å²) < 4.78 is 9.80. The zero-order valence-corrected chi connectivity index (χ0v) is 38.0. The summed E-state index contributed by atoms with van der Waals surface area (Å²) in [5, 5.41) is 10.1. The first kappa shape index (κ1) is 38.6. The molecule has 4 nitrogen and oxygen atoms in total. The molecule has 0 fully saturated rings. The lowest BCUT2D eigenvalue weighted by molar-refractivity contribution is 0.827. The molecule has 10 aromatic carbocycles. The summed E-state index contributed by atoms with van der Waals surface area (Å²) in [6.45, 7) is 6.32. The molecule has 68 heavy (non-hydrogen) atoms. The van der Waals surface area contributed by atoms with Gasteiger partial charge in [0.1, 0.15) is 0 Å². The van der Waals surface area contributed by atoms with Crippen LogP contribution < -0.4 is 0 Å². The largest absolute Gasteiger partial charge is 0.341 e. The lowest BCUT2D eigenvalue weighted by Gasteiger charge is -2.11. The van der Waals surface area contributed by atoms with Crippen molar-refractivity contribution < 1.29 is 0 Å². The summed E-state index contributed by atoms with van der Waals surface area (Å²) in [6.07, 6.45) is 0. The van der Waals surface area contributed by atoms with E-state index in [9.17, 15) is 0 Å². The zero-order valence-electron chi connectivity index (χ0n) is 38.0. The number of para-hydroxylation sites is 2. The lowest BCUT2D eigenvalue weighted by atomic mass is 9.98. The topological polar surface area (TPSA) is 19.7 Å². The van der Waals surface area contributed by atoms with Crippen molar-refractivity contribution >= 4 is 87.2 Å². The quantitative estimate of drug-likeness (QED) is 0.152. The van der Waals surface area contributed by atoms with Crippen LogP contribution in [0.5, 0.6) is 0 Å². The van der Waals surface area contributed by atoms with Gasteiger partial charge in [0.05, 0.1) is 22.1 Å². The Hall–Kier alpha value is -8.60. The molecule has 0 spiro atoms. The zero-order chi connectivity index (χ0) is 45.0. The maximum atomic E-state index is 2.47. The van der Waals surface area contributed by atoms with E-state index in [-0.39, 0.29) is 0 Å². The number of benzene rings is 10. The molecule has 322 valence electrons. The van der Waals surface area contributed by atoms with E-state index in [4.69, 9.17) is 0 Å². The van der Waals surface area contributed by atoms with E-state index in [1.807, 2.05) is 0 Å². The first-order valence-electron chi connectivity index (χ1n) is 23.9. The Bertz CT molecular complexity index is 4050. The average Bonchev–Trinajstić information content (AvgIpc) is 4.12. The van der Waals surface area contributed by atoms with Crippen LogP contribution >= 0.6 is 0 Å². The summed E-state index contributed by atoms with van der Waals surface area (Å²) in [6, 6.07) is 81.4. The van der Waals surface area contributed by atoms with Crippen LogP contribution in [0.1, 0.15) is 13.8 Å². The molecule has 0 amide bonds. The second-order valence-corrected chi connectivity index (χ2v) is 18.3. The fourth-order valence-electron chi connectivity index (χ4n) is 11.6. The highest BCUT2D eigenvalue weighted by atomic mass is 15.0. The van der Waals surface area contributed by atoms with E-state index in [1.165, 1.54) is 121 Å². The molecule has 0 bridgehead atoms. The van der Waals surface area contributed by atoms with Crippen molar-refractivity contribution in [2.24, 2.45) is 0 Å². The van der Waals surface area contributed by atoms with Gasteiger partial charge in [0.2, 0.25) is 0 Å². The van der Waals surface area contributed by atoms with Crippen LogP contribution in [0, 0.1) is 0 Å². The smallest absolute Gasteiger partial charge is 0.0541 e. The molecule has 0 saturated carbocycles. The van der Waals surface area contributed by atoms with Gasteiger partial charge < -0.3 is 18.3 Å². The van der Waals surface area contributed by atoms with Crippen LogP contribution in [0.2, 0.25) is 0 Å². The lowest BCUT2D eigenvalue weighted by Crippen LogP contribution is -1.96. The highest BCUT2D eigenvalue weighted by Gasteiger charge is 2.20. The van der Waals surface area contributed by atoms with Crippen LogP contribution in [-0.4, -0.2) is 18.3 Å². The van der Waals surface area contributed by atoms with Gasteiger partial charge in [0.15, 0.2) is 0 Å². The molecule has 0 aliphatic carbocycles. The van der Waals surface area contributed by atoms with E-state index in [0.29, 0.717) is 0 Å². The van der Waals surface area contributed by atoms with Crippen molar-refractivity contribution in [3.63, 3.8) is 0 Å². The van der Waals surface area contributed by atoms with E-state index < -0.39 is 0 Å². The molecular weight excluding hydrogens is 825 g/mol. The van der Waals surface area contributed by atoms with Gasteiger partial charge in [-0.25, -0.2) is 0 Å². The van der Waals surface area contributed by atoms with Crippen molar-refractivity contribution in [3.05, 3.63) is 218 Å². The second kappa shape index (κ2) is 15.0. The Morgan fingerprint density at radius 1 is 0.235 bits per heavy atom. The van der Waals surface area contributed by atoms with Crippen molar-refractivity contribution in [2.45, 2.75) is 26.9 Å². The van der Waals surface area contributed by atoms with Crippen molar-refractivity contribution in [1.82, 2.24) is 18.3 Å². The molecule has 14 rings (SSSR count). The van der Waals surface area contributed by atoms with Gasteiger partial charge in [0, 0.05) is 89.6 Å². The van der Waals surface area contributed by atoms with E-state index in [2.05, 4.69) is 251 Å². The predicted molar refractivity (Wildman–Crippen MR) is 289 cm³/mol. The molecule has 0 unspecified atom stereocenters. The minimum atomic E-state index is 0.922. The first-order valence-corrected chi connectivity index (χ1v) is 23.9. The van der Waals surface area contributed by atoms with Gasteiger partial charge in [-0.15, -0.1) is 0 Å².